The zero-order valence-electron chi connectivity index (χ0n) is 16.4. The molecule has 2 nitrogen and oxygen atoms in total. The third kappa shape index (κ3) is 5.18. The van der Waals surface area contributed by atoms with Gasteiger partial charge < -0.3 is 10.5 Å². The van der Waals surface area contributed by atoms with Gasteiger partial charge in [-0.05, 0) is 53.8 Å². The minimum atomic E-state index is 0.547. The summed E-state index contributed by atoms with van der Waals surface area (Å²) in [6.45, 7) is 12.8. The number of allylic oxidation sites excluding steroid dienone is 1. The van der Waals surface area contributed by atoms with Crippen LogP contribution in [0.3, 0.4) is 0 Å². The molecule has 0 aromatic heterocycles. The van der Waals surface area contributed by atoms with Gasteiger partial charge in [-0.1, -0.05) is 68.1 Å². The van der Waals surface area contributed by atoms with Crippen LogP contribution in [0.2, 0.25) is 0 Å². The van der Waals surface area contributed by atoms with E-state index in [-0.39, 0.29) is 0 Å². The summed E-state index contributed by atoms with van der Waals surface area (Å²) in [5.41, 5.74) is 12.8. The molecule has 0 radical (unpaired) electrons. The quantitative estimate of drug-likeness (QED) is 0.563. The first-order valence-corrected chi connectivity index (χ1v) is 9.74. The lowest BCUT2D eigenvalue weighted by molar-refractivity contribution is 0.410. The molecule has 0 unspecified atom stereocenters. The van der Waals surface area contributed by atoms with Crippen molar-refractivity contribution in [2.24, 2.45) is 0 Å². The molecule has 0 saturated carbocycles. The summed E-state index contributed by atoms with van der Waals surface area (Å²) >= 11 is 1.67. The fourth-order valence-corrected chi connectivity index (χ4v) is 3.43. The van der Waals surface area contributed by atoms with Gasteiger partial charge >= 0.3 is 0 Å². The van der Waals surface area contributed by atoms with E-state index in [0.29, 0.717) is 5.92 Å². The van der Waals surface area contributed by atoms with Gasteiger partial charge in [-0.15, -0.1) is 0 Å². The summed E-state index contributed by atoms with van der Waals surface area (Å²) < 4.78 is 5.48. The molecule has 0 amide bonds. The molecule has 0 atom stereocenters. The van der Waals surface area contributed by atoms with Crippen LogP contribution in [-0.2, 0) is 6.42 Å². The highest BCUT2D eigenvalue weighted by Gasteiger charge is 2.08. The molecule has 0 spiro atoms. The number of hydrogen-bond acceptors (Lipinski definition) is 3. The van der Waals surface area contributed by atoms with E-state index < -0.39 is 0 Å². The Kier molecular flexibility index (Phi) is 6.98. The lowest BCUT2D eigenvalue weighted by Crippen LogP contribution is -1.98. The van der Waals surface area contributed by atoms with E-state index in [1.54, 1.807) is 18.9 Å². The number of hydrogen-bond donors (Lipinski definition) is 1. The maximum atomic E-state index is 5.98. The third-order valence-electron chi connectivity index (χ3n) is 4.44. The molecule has 138 valence electrons. The van der Waals surface area contributed by atoms with Crippen LogP contribution in [-0.4, -0.2) is 7.11 Å². The van der Waals surface area contributed by atoms with Gasteiger partial charge in [0.05, 0.1) is 7.11 Å². The van der Waals surface area contributed by atoms with Crippen molar-refractivity contribution < 1.29 is 4.74 Å². The van der Waals surface area contributed by atoms with Crippen molar-refractivity contribution in [3.63, 3.8) is 0 Å². The molecule has 0 saturated heterocycles. The second-order valence-electron chi connectivity index (χ2n) is 6.98. The summed E-state index contributed by atoms with van der Waals surface area (Å²) in [5.74, 6) is 1.39. The van der Waals surface area contributed by atoms with Gasteiger partial charge in [0, 0.05) is 16.7 Å². The van der Waals surface area contributed by atoms with Crippen LogP contribution in [0.4, 0.5) is 5.69 Å². The second kappa shape index (κ2) is 9.00. The average molecular weight is 368 g/mol. The molecule has 26 heavy (non-hydrogen) atoms. The Morgan fingerprint density at radius 1 is 1.23 bits per heavy atom. The normalized spacial score (nSPS) is 11.7. The summed E-state index contributed by atoms with van der Waals surface area (Å²) in [7, 11) is 1.68. The van der Waals surface area contributed by atoms with Gasteiger partial charge in [-0.25, -0.2) is 0 Å². The maximum Gasteiger partial charge on any atom is 0.124 e. The molecule has 3 heteroatoms. The fraction of sp³-hybridized carbons (Fsp3) is 0.304. The molecule has 0 fully saturated rings. The fourth-order valence-electron chi connectivity index (χ4n) is 2.73. The molecular formula is C23H29NOS. The Bertz CT molecular complexity index is 804. The summed E-state index contributed by atoms with van der Waals surface area (Å²) in [6, 6.07) is 12.7. The number of nitrogens with two attached hydrogens (primary N) is 1. The molecule has 0 aliphatic carbocycles. The van der Waals surface area contributed by atoms with Crippen molar-refractivity contribution in [2.75, 3.05) is 12.8 Å². The summed E-state index contributed by atoms with van der Waals surface area (Å²) in [6.07, 6.45) is 0.830. The topological polar surface area (TPSA) is 35.2 Å². The van der Waals surface area contributed by atoms with Crippen LogP contribution in [0.1, 0.15) is 48.9 Å². The van der Waals surface area contributed by atoms with E-state index in [2.05, 4.69) is 63.1 Å². The SMILES string of the molecule is C=C(S/C=C(\C)Cc1cc(C)c(N)cc1OC)c1ccc(C(C)C)cc1. The molecule has 2 N–H and O–H groups in total. The second-order valence-corrected chi connectivity index (χ2v) is 7.94. The number of methoxy groups -OCH3 is 1. The van der Waals surface area contributed by atoms with E-state index in [1.807, 2.05) is 13.0 Å². The zero-order valence-corrected chi connectivity index (χ0v) is 17.2. The number of thioether (sulfide) groups is 1. The first kappa shape index (κ1) is 20.2. The third-order valence-corrected chi connectivity index (χ3v) is 5.48. The first-order chi connectivity index (χ1) is 12.3. The number of anilines is 1. The van der Waals surface area contributed by atoms with Crippen LogP contribution < -0.4 is 10.5 Å². The van der Waals surface area contributed by atoms with Crippen LogP contribution in [0.5, 0.6) is 5.75 Å². The standard InChI is InChI=1S/C23H29NOS/c1-15(2)19-7-9-20(10-8-19)18(5)26-14-16(3)11-21-12-17(4)22(24)13-23(21)25-6/h7-10,12-15H,5,11,24H2,1-4,6H3/b16-14+. The van der Waals surface area contributed by atoms with Gasteiger partial charge in [0.1, 0.15) is 5.75 Å². The van der Waals surface area contributed by atoms with Crippen molar-refractivity contribution in [1.82, 2.24) is 0 Å². The number of ether oxygens (including phenoxy) is 1. The smallest absolute Gasteiger partial charge is 0.124 e. The number of benzene rings is 2. The Labute approximate surface area is 162 Å². The van der Waals surface area contributed by atoms with Gasteiger partial charge in [0.2, 0.25) is 0 Å². The van der Waals surface area contributed by atoms with Crippen molar-refractivity contribution in [2.45, 2.75) is 40.0 Å². The largest absolute Gasteiger partial charge is 0.496 e. The van der Waals surface area contributed by atoms with E-state index in [1.165, 1.54) is 16.7 Å². The average Bonchev–Trinajstić information content (AvgIpc) is 2.62. The Balaban J connectivity index is 2.06. The van der Waals surface area contributed by atoms with Crippen LogP contribution in [0.25, 0.3) is 4.91 Å². The predicted molar refractivity (Wildman–Crippen MR) is 117 cm³/mol. The molecule has 0 aliphatic rings. The summed E-state index contributed by atoms with van der Waals surface area (Å²) in [5, 5.41) is 2.17. The zero-order chi connectivity index (χ0) is 19.3. The lowest BCUT2D eigenvalue weighted by Gasteiger charge is -2.12. The van der Waals surface area contributed by atoms with Crippen molar-refractivity contribution >= 4 is 22.4 Å². The molecule has 2 aromatic rings. The Hall–Kier alpha value is -2.13. The van der Waals surface area contributed by atoms with Crippen molar-refractivity contribution in [1.29, 1.82) is 0 Å². The van der Waals surface area contributed by atoms with Gasteiger partial charge in [0.15, 0.2) is 0 Å². The molecule has 2 aromatic carbocycles. The maximum absolute atomic E-state index is 5.98. The molecule has 0 bridgehead atoms. The van der Waals surface area contributed by atoms with E-state index in [0.717, 1.165) is 33.9 Å². The highest BCUT2D eigenvalue weighted by atomic mass is 32.2. The van der Waals surface area contributed by atoms with Crippen molar-refractivity contribution in [3.05, 3.63) is 76.2 Å². The van der Waals surface area contributed by atoms with Gasteiger partial charge in [0.25, 0.3) is 0 Å². The molecule has 0 heterocycles. The van der Waals surface area contributed by atoms with Crippen LogP contribution in [0.15, 0.2) is 54.0 Å². The van der Waals surface area contributed by atoms with E-state index in [4.69, 9.17) is 10.5 Å². The Morgan fingerprint density at radius 3 is 2.46 bits per heavy atom. The first-order valence-electron chi connectivity index (χ1n) is 8.86. The minimum absolute atomic E-state index is 0.547. The number of rotatable bonds is 7. The number of aryl methyl sites for hydroxylation is 1. The van der Waals surface area contributed by atoms with Gasteiger partial charge in [-0.3, -0.25) is 0 Å². The molecular weight excluding hydrogens is 338 g/mol. The number of nitrogen functional groups attached to an aromatic ring is 1. The van der Waals surface area contributed by atoms with Crippen LogP contribution in [0, 0.1) is 6.92 Å². The highest BCUT2D eigenvalue weighted by Crippen LogP contribution is 2.31. The van der Waals surface area contributed by atoms with Crippen LogP contribution >= 0.6 is 11.8 Å². The minimum Gasteiger partial charge on any atom is -0.496 e. The predicted octanol–water partition coefficient (Wildman–Crippen LogP) is 6.56. The van der Waals surface area contributed by atoms with Gasteiger partial charge in [-0.2, -0.15) is 0 Å². The molecule has 2 rings (SSSR count). The highest BCUT2D eigenvalue weighted by molar-refractivity contribution is 8.10. The van der Waals surface area contributed by atoms with Crippen molar-refractivity contribution in [3.8, 4) is 5.75 Å². The Morgan fingerprint density at radius 2 is 1.88 bits per heavy atom. The van der Waals surface area contributed by atoms with E-state index >= 15 is 0 Å². The monoisotopic (exact) mass is 367 g/mol. The summed E-state index contributed by atoms with van der Waals surface area (Å²) in [4.78, 5) is 1.06. The van der Waals surface area contributed by atoms with E-state index in [9.17, 15) is 0 Å². The molecule has 0 aliphatic heterocycles. The lowest BCUT2D eigenvalue weighted by atomic mass is 10.0.